The number of aliphatic carboxylic acids is 1. The predicted molar refractivity (Wildman–Crippen MR) is 54.8 cm³/mol. The summed E-state index contributed by atoms with van der Waals surface area (Å²) >= 11 is 3.25. The van der Waals surface area contributed by atoms with Gasteiger partial charge in [-0.15, -0.1) is 0 Å². The van der Waals surface area contributed by atoms with Crippen molar-refractivity contribution in [1.82, 2.24) is 4.90 Å². The third-order valence-electron chi connectivity index (χ3n) is 2.43. The quantitative estimate of drug-likeness (QED) is 0.826. The minimum Gasteiger partial charge on any atom is -0.480 e. The topological polar surface area (TPSA) is 40.5 Å². The summed E-state index contributed by atoms with van der Waals surface area (Å²) in [5.74, 6) is -0.483. The van der Waals surface area contributed by atoms with Gasteiger partial charge in [-0.25, -0.2) is 0 Å². The van der Waals surface area contributed by atoms with E-state index >= 15 is 0 Å². The highest BCUT2D eigenvalue weighted by atomic mass is 79.9. The number of carboxylic acid groups (broad SMARTS) is 1. The summed E-state index contributed by atoms with van der Waals surface area (Å²) < 4.78 is 0.841. The van der Waals surface area contributed by atoms with E-state index in [1.807, 2.05) is 11.8 Å². The van der Waals surface area contributed by atoms with Gasteiger partial charge < -0.3 is 5.11 Å². The van der Waals surface area contributed by atoms with Crippen molar-refractivity contribution in [3.8, 4) is 0 Å². The van der Waals surface area contributed by atoms with Crippen molar-refractivity contribution in [2.24, 2.45) is 5.92 Å². The second kappa shape index (κ2) is 4.24. The molecular formula is C9H14BrNO2. The van der Waals surface area contributed by atoms with Crippen LogP contribution in [-0.2, 0) is 4.79 Å². The van der Waals surface area contributed by atoms with Gasteiger partial charge in [-0.05, 0) is 18.9 Å². The fraction of sp³-hybridized carbons (Fsp3) is 0.667. The number of hydrogen-bond donors (Lipinski definition) is 1. The summed E-state index contributed by atoms with van der Waals surface area (Å²) in [5.41, 5.74) is 0. The predicted octanol–water partition coefficient (Wildman–Crippen LogP) is 1.69. The zero-order valence-corrected chi connectivity index (χ0v) is 9.25. The molecule has 1 aliphatic heterocycles. The first-order valence-electron chi connectivity index (χ1n) is 4.32. The summed E-state index contributed by atoms with van der Waals surface area (Å²) in [7, 11) is 0. The molecule has 1 heterocycles. The molecule has 1 saturated heterocycles. The maximum Gasteiger partial charge on any atom is 0.321 e. The molecule has 1 aliphatic rings. The van der Waals surface area contributed by atoms with Gasteiger partial charge in [0.05, 0.1) is 0 Å². The van der Waals surface area contributed by atoms with E-state index in [-0.39, 0.29) is 12.0 Å². The van der Waals surface area contributed by atoms with E-state index in [1.54, 1.807) is 0 Å². The molecule has 0 saturated carbocycles. The highest BCUT2D eigenvalue weighted by Gasteiger charge is 2.36. The van der Waals surface area contributed by atoms with Crippen molar-refractivity contribution < 1.29 is 9.90 Å². The van der Waals surface area contributed by atoms with Crippen LogP contribution in [0.2, 0.25) is 0 Å². The summed E-state index contributed by atoms with van der Waals surface area (Å²) in [4.78, 5) is 12.9. The molecule has 1 fully saturated rings. The molecule has 0 radical (unpaired) electrons. The van der Waals surface area contributed by atoms with Crippen molar-refractivity contribution in [3.05, 3.63) is 11.1 Å². The summed E-state index contributed by atoms with van der Waals surface area (Å²) in [6.45, 7) is 7.18. The lowest BCUT2D eigenvalue weighted by Crippen LogP contribution is -2.39. The van der Waals surface area contributed by atoms with Crippen LogP contribution in [0.5, 0.6) is 0 Å². The van der Waals surface area contributed by atoms with Crippen molar-refractivity contribution in [2.75, 3.05) is 13.1 Å². The standard InChI is InChI=1S/C9H14BrNO2/c1-6-3-4-11(5-7(2)10)8(6)9(12)13/h6,8H,2-5H2,1H3,(H,12,13). The van der Waals surface area contributed by atoms with Gasteiger partial charge in [0.2, 0.25) is 0 Å². The number of nitrogens with zero attached hydrogens (tertiary/aromatic N) is 1. The van der Waals surface area contributed by atoms with E-state index < -0.39 is 5.97 Å². The van der Waals surface area contributed by atoms with Gasteiger partial charge in [-0.2, -0.15) is 0 Å². The van der Waals surface area contributed by atoms with Crippen LogP contribution in [0.15, 0.2) is 11.1 Å². The first-order chi connectivity index (χ1) is 6.02. The molecule has 3 nitrogen and oxygen atoms in total. The molecule has 2 atom stereocenters. The Morgan fingerprint density at radius 2 is 2.38 bits per heavy atom. The van der Waals surface area contributed by atoms with Gasteiger partial charge in [-0.3, -0.25) is 9.69 Å². The van der Waals surface area contributed by atoms with Gasteiger partial charge in [-0.1, -0.05) is 29.4 Å². The molecule has 74 valence electrons. The molecule has 0 aromatic heterocycles. The van der Waals surface area contributed by atoms with E-state index in [4.69, 9.17) is 5.11 Å². The number of carbonyl (C=O) groups is 1. The second-order valence-corrected chi connectivity index (χ2v) is 4.66. The van der Waals surface area contributed by atoms with Crippen LogP contribution in [0.3, 0.4) is 0 Å². The lowest BCUT2D eigenvalue weighted by molar-refractivity contribution is -0.143. The van der Waals surface area contributed by atoms with Crippen molar-refractivity contribution in [3.63, 3.8) is 0 Å². The smallest absolute Gasteiger partial charge is 0.321 e. The van der Waals surface area contributed by atoms with Gasteiger partial charge in [0.25, 0.3) is 0 Å². The SMILES string of the molecule is C=C(Br)CN1CCC(C)C1C(=O)O. The van der Waals surface area contributed by atoms with Crippen LogP contribution in [0.1, 0.15) is 13.3 Å². The molecule has 0 aromatic rings. The summed E-state index contributed by atoms with van der Waals surface area (Å²) in [5, 5.41) is 8.98. The monoisotopic (exact) mass is 247 g/mol. The van der Waals surface area contributed by atoms with Crippen LogP contribution in [0.25, 0.3) is 0 Å². The maximum atomic E-state index is 10.9. The third kappa shape index (κ3) is 2.54. The number of halogens is 1. The largest absolute Gasteiger partial charge is 0.480 e. The second-order valence-electron chi connectivity index (χ2n) is 3.54. The van der Waals surface area contributed by atoms with Crippen LogP contribution in [0.4, 0.5) is 0 Å². The number of hydrogen-bond acceptors (Lipinski definition) is 2. The Morgan fingerprint density at radius 1 is 1.77 bits per heavy atom. The molecule has 0 aromatic carbocycles. The van der Waals surface area contributed by atoms with Crippen molar-refractivity contribution in [1.29, 1.82) is 0 Å². The van der Waals surface area contributed by atoms with E-state index in [0.717, 1.165) is 17.4 Å². The lowest BCUT2D eigenvalue weighted by Gasteiger charge is -2.22. The van der Waals surface area contributed by atoms with Crippen LogP contribution < -0.4 is 0 Å². The summed E-state index contributed by atoms with van der Waals surface area (Å²) in [6.07, 6.45) is 0.956. The molecule has 0 bridgehead atoms. The minimum atomic E-state index is -0.723. The molecule has 2 unspecified atom stereocenters. The van der Waals surface area contributed by atoms with Crippen LogP contribution in [-0.4, -0.2) is 35.1 Å². The Bertz CT molecular complexity index is 230. The number of rotatable bonds is 3. The molecular weight excluding hydrogens is 234 g/mol. The zero-order valence-electron chi connectivity index (χ0n) is 7.66. The number of carboxylic acids is 1. The highest BCUT2D eigenvalue weighted by Crippen LogP contribution is 2.25. The fourth-order valence-electron chi connectivity index (χ4n) is 1.82. The molecule has 1 rings (SSSR count). The average molecular weight is 248 g/mol. The van der Waals surface area contributed by atoms with E-state index in [9.17, 15) is 4.79 Å². The fourth-order valence-corrected chi connectivity index (χ4v) is 2.15. The Balaban J connectivity index is 2.64. The van der Waals surface area contributed by atoms with E-state index in [2.05, 4.69) is 22.5 Å². The highest BCUT2D eigenvalue weighted by molar-refractivity contribution is 9.11. The first kappa shape index (κ1) is 10.7. The van der Waals surface area contributed by atoms with E-state index in [0.29, 0.717) is 6.54 Å². The molecule has 0 amide bonds. The maximum absolute atomic E-state index is 10.9. The van der Waals surface area contributed by atoms with Gasteiger partial charge in [0.15, 0.2) is 0 Å². The van der Waals surface area contributed by atoms with Crippen molar-refractivity contribution >= 4 is 21.9 Å². The minimum absolute atomic E-state index is 0.240. The van der Waals surface area contributed by atoms with Gasteiger partial charge in [0.1, 0.15) is 6.04 Å². The molecule has 1 N–H and O–H groups in total. The molecule has 0 aliphatic carbocycles. The first-order valence-corrected chi connectivity index (χ1v) is 5.12. The van der Waals surface area contributed by atoms with Gasteiger partial charge in [0, 0.05) is 11.0 Å². The Kier molecular flexibility index (Phi) is 3.50. The van der Waals surface area contributed by atoms with Crippen molar-refractivity contribution in [2.45, 2.75) is 19.4 Å². The van der Waals surface area contributed by atoms with Crippen LogP contribution in [0, 0.1) is 5.92 Å². The Labute approximate surface area is 86.5 Å². The zero-order chi connectivity index (χ0) is 10.0. The Morgan fingerprint density at radius 3 is 2.85 bits per heavy atom. The Hall–Kier alpha value is -0.350. The summed E-state index contributed by atoms with van der Waals surface area (Å²) in [6, 6.07) is -0.339. The lowest BCUT2D eigenvalue weighted by atomic mass is 10.0. The normalized spacial score (nSPS) is 29.1. The molecule has 13 heavy (non-hydrogen) atoms. The molecule has 0 spiro atoms. The van der Waals surface area contributed by atoms with E-state index in [1.165, 1.54) is 0 Å². The molecule has 4 heteroatoms. The van der Waals surface area contributed by atoms with Crippen LogP contribution >= 0.6 is 15.9 Å². The van der Waals surface area contributed by atoms with Gasteiger partial charge >= 0.3 is 5.97 Å². The third-order valence-corrected chi connectivity index (χ3v) is 2.68. The average Bonchev–Trinajstić information content (AvgIpc) is 2.30. The number of likely N-dealkylation sites (tertiary alicyclic amines) is 1.